The van der Waals surface area contributed by atoms with Crippen LogP contribution in [0.2, 0.25) is 0 Å². The van der Waals surface area contributed by atoms with E-state index in [1.54, 1.807) is 48.5 Å². The molecule has 0 fully saturated rings. The van der Waals surface area contributed by atoms with Gasteiger partial charge in [-0.3, -0.25) is 0 Å². The Labute approximate surface area is 406 Å². The van der Waals surface area contributed by atoms with Gasteiger partial charge in [0.05, 0.1) is 23.9 Å². The summed E-state index contributed by atoms with van der Waals surface area (Å²) in [5.74, 6) is -4.41. The number of aromatic carboxylic acids is 4. The van der Waals surface area contributed by atoms with Crippen LogP contribution in [0.5, 0.6) is 0 Å². The molecule has 0 saturated heterocycles. The molecular weight excluding hydrogens is 897 g/mol. The summed E-state index contributed by atoms with van der Waals surface area (Å²) in [6.45, 7) is 8.83. The van der Waals surface area contributed by atoms with Crippen LogP contribution in [0.25, 0.3) is 0 Å². The molecule has 0 radical (unpaired) electrons. The maximum atomic E-state index is 10.5. The zero-order valence-electron chi connectivity index (χ0n) is 39.9. The number of carboxylic acid groups (broad SMARTS) is 4. The molecule has 0 aliphatic heterocycles. The van der Waals surface area contributed by atoms with Crippen molar-refractivity contribution < 1.29 is 60.7 Å². The molecule has 354 valence electrons. The van der Waals surface area contributed by atoms with E-state index in [9.17, 15) is 39.6 Å². The molecule has 4 aromatic rings. The third-order valence-electron chi connectivity index (χ3n) is 11.0. The number of hydrogen-bond acceptors (Lipinski definition) is 8. The van der Waals surface area contributed by atoms with Crippen molar-refractivity contribution >= 4 is 23.9 Å². The van der Waals surface area contributed by atoms with E-state index in [-0.39, 0.29) is 43.3 Å². The van der Waals surface area contributed by atoms with Gasteiger partial charge in [0, 0.05) is 0 Å². The number of carbonyl (C=O) groups is 4. The Balaban J connectivity index is 0.000000836. The molecule has 0 saturated carbocycles. The number of hydrogen-bond donors (Lipinski definition) is 0. The van der Waals surface area contributed by atoms with Crippen molar-refractivity contribution in [2.24, 2.45) is 0 Å². The van der Waals surface area contributed by atoms with Gasteiger partial charge in [-0.05, 0) is 95.9 Å². The first-order chi connectivity index (χ1) is 30.9. The Morgan fingerprint density at radius 2 is 0.431 bits per heavy atom. The van der Waals surface area contributed by atoms with Crippen LogP contribution in [0.4, 0.5) is 0 Å². The SMILES string of the molecule is CCCCCCCc1ccc(C(=O)[O-])cc1.CCCCCCCc1ccc(C(=O)[O-])cc1.CCCCCCCc1ccc(C(=O)[O-])cc1.CCCCCCCc1ccc(C(=O)[O-])cc1.[Mo+4]. The Hall–Kier alpha value is -4.55. The standard InChI is InChI=1S/4C14H20O2.Mo/c4*1-2-3-4-5-6-7-12-8-10-13(11-9-12)14(15)16;/h4*8-11H,2-7H2,1H3,(H,15,16);/q;;;;+4/p-4. The van der Waals surface area contributed by atoms with Gasteiger partial charge in [-0.2, -0.15) is 0 Å². The molecule has 0 N–H and O–H groups in total. The molecule has 0 aromatic heterocycles. The molecule has 0 amide bonds. The fourth-order valence-electron chi connectivity index (χ4n) is 6.96. The average molecular weight is 973 g/mol. The number of carboxylic acids is 4. The van der Waals surface area contributed by atoms with E-state index in [4.69, 9.17) is 0 Å². The van der Waals surface area contributed by atoms with Crippen LogP contribution in [0.3, 0.4) is 0 Å². The number of unbranched alkanes of at least 4 members (excludes halogenated alkanes) is 16. The van der Waals surface area contributed by atoms with Crippen molar-refractivity contribution in [3.05, 3.63) is 142 Å². The second-order valence-electron chi connectivity index (χ2n) is 16.6. The molecule has 0 unspecified atom stereocenters. The van der Waals surface area contributed by atoms with Crippen molar-refractivity contribution in [3.63, 3.8) is 0 Å². The first-order valence-electron chi connectivity index (χ1n) is 24.2. The second kappa shape index (κ2) is 39.8. The normalized spacial score (nSPS) is 10.2. The topological polar surface area (TPSA) is 161 Å². The molecule has 0 heterocycles. The van der Waals surface area contributed by atoms with Gasteiger partial charge in [-0.25, -0.2) is 0 Å². The minimum absolute atomic E-state index is 0. The quantitative estimate of drug-likeness (QED) is 0.0402. The van der Waals surface area contributed by atoms with E-state index in [1.807, 2.05) is 48.5 Å². The summed E-state index contributed by atoms with van der Waals surface area (Å²) in [5.41, 5.74) is 5.87. The summed E-state index contributed by atoms with van der Waals surface area (Å²) in [4.78, 5) is 42.1. The van der Waals surface area contributed by atoms with Gasteiger partial charge >= 0.3 is 21.1 Å². The summed E-state index contributed by atoms with van der Waals surface area (Å²) < 4.78 is 0. The zero-order chi connectivity index (χ0) is 47.2. The van der Waals surface area contributed by atoms with Crippen LogP contribution in [-0.4, -0.2) is 23.9 Å². The van der Waals surface area contributed by atoms with Gasteiger partial charge in [-0.1, -0.05) is 227 Å². The van der Waals surface area contributed by atoms with Gasteiger partial charge in [0.25, 0.3) is 0 Å². The number of aryl methyl sites for hydroxylation is 4. The minimum atomic E-state index is -1.10. The van der Waals surface area contributed by atoms with Crippen LogP contribution in [-0.2, 0) is 46.7 Å². The molecule has 4 aromatic carbocycles. The van der Waals surface area contributed by atoms with E-state index < -0.39 is 23.9 Å². The van der Waals surface area contributed by atoms with E-state index in [1.165, 1.54) is 151 Å². The largest absolute Gasteiger partial charge is 4.00 e. The maximum absolute atomic E-state index is 10.5. The fraction of sp³-hybridized carbons (Fsp3) is 0.500. The average Bonchev–Trinajstić information content (AvgIpc) is 3.30. The van der Waals surface area contributed by atoms with Crippen LogP contribution in [0, 0.1) is 0 Å². The Bertz CT molecular complexity index is 1530. The molecule has 0 atom stereocenters. The zero-order valence-corrected chi connectivity index (χ0v) is 41.9. The molecule has 0 aliphatic rings. The first-order valence-corrected chi connectivity index (χ1v) is 24.2. The number of rotatable bonds is 28. The van der Waals surface area contributed by atoms with E-state index in [0.29, 0.717) is 0 Å². The molecular formula is C56H76MoO8. The second-order valence-corrected chi connectivity index (χ2v) is 16.6. The minimum Gasteiger partial charge on any atom is -0.545 e. The van der Waals surface area contributed by atoms with Crippen molar-refractivity contribution in [2.75, 3.05) is 0 Å². The van der Waals surface area contributed by atoms with Gasteiger partial charge < -0.3 is 39.6 Å². The van der Waals surface area contributed by atoms with Gasteiger partial charge in [0.1, 0.15) is 0 Å². The van der Waals surface area contributed by atoms with E-state index >= 15 is 0 Å². The monoisotopic (exact) mass is 974 g/mol. The summed E-state index contributed by atoms with van der Waals surface area (Å²) in [5, 5.41) is 42.1. The summed E-state index contributed by atoms with van der Waals surface area (Å²) >= 11 is 0. The number of carbonyl (C=O) groups excluding carboxylic acids is 4. The predicted molar refractivity (Wildman–Crippen MR) is 253 cm³/mol. The molecule has 8 nitrogen and oxygen atoms in total. The maximum Gasteiger partial charge on any atom is 4.00 e. The Kier molecular flexibility index (Phi) is 37.0. The van der Waals surface area contributed by atoms with E-state index in [0.717, 1.165) is 25.7 Å². The van der Waals surface area contributed by atoms with Gasteiger partial charge in [0.2, 0.25) is 0 Å². The number of benzene rings is 4. The molecule has 9 heteroatoms. The molecule has 0 aliphatic carbocycles. The first kappa shape index (κ1) is 60.4. The van der Waals surface area contributed by atoms with Crippen LogP contribution >= 0.6 is 0 Å². The van der Waals surface area contributed by atoms with Crippen molar-refractivity contribution in [2.45, 2.75) is 182 Å². The summed E-state index contributed by atoms with van der Waals surface area (Å²) in [6, 6.07) is 28.0. The summed E-state index contributed by atoms with van der Waals surface area (Å²) in [7, 11) is 0. The van der Waals surface area contributed by atoms with Crippen molar-refractivity contribution in [3.8, 4) is 0 Å². The predicted octanol–water partition coefficient (Wildman–Crippen LogP) is 10.2. The smallest absolute Gasteiger partial charge is 0.545 e. The van der Waals surface area contributed by atoms with Crippen LogP contribution in [0.1, 0.15) is 220 Å². The van der Waals surface area contributed by atoms with Crippen LogP contribution in [0.15, 0.2) is 97.1 Å². The van der Waals surface area contributed by atoms with Crippen LogP contribution < -0.4 is 20.4 Å². The van der Waals surface area contributed by atoms with Gasteiger partial charge in [0.15, 0.2) is 0 Å². The third-order valence-corrected chi connectivity index (χ3v) is 11.0. The van der Waals surface area contributed by atoms with E-state index in [2.05, 4.69) is 27.7 Å². The van der Waals surface area contributed by atoms with Crippen molar-refractivity contribution in [1.82, 2.24) is 0 Å². The Morgan fingerprint density at radius 1 is 0.277 bits per heavy atom. The molecule has 0 bridgehead atoms. The molecule has 65 heavy (non-hydrogen) atoms. The third kappa shape index (κ3) is 31.1. The van der Waals surface area contributed by atoms with Gasteiger partial charge in [-0.15, -0.1) is 0 Å². The summed E-state index contributed by atoms with van der Waals surface area (Å²) in [6.07, 6.45) is 29.4. The Morgan fingerprint density at radius 3 is 0.569 bits per heavy atom. The van der Waals surface area contributed by atoms with Crippen molar-refractivity contribution in [1.29, 1.82) is 0 Å². The fourth-order valence-corrected chi connectivity index (χ4v) is 6.96. The molecule has 4 rings (SSSR count). The molecule has 0 spiro atoms.